The average molecular weight is 311 g/mol. The lowest BCUT2D eigenvalue weighted by atomic mass is 10.2. The quantitative estimate of drug-likeness (QED) is 0.852. The normalized spacial score (nSPS) is 11.3. The summed E-state index contributed by atoms with van der Waals surface area (Å²) in [6, 6.07) is 10.1. The Bertz CT molecular complexity index is 738. The molecule has 106 valence electrons. The van der Waals surface area contributed by atoms with Crippen molar-refractivity contribution in [2.75, 3.05) is 17.3 Å². The standard InChI is InChI=1S/C14H15ClN2O2S/c1-9-4-3-5-11(15)14(9)17-13-7-6-10(8-12(13)16)20(2,18)19/h3-8,17H,16H2,1-2H3. The third-order valence-corrected chi connectivity index (χ3v) is 4.36. The number of hydrogen-bond donors (Lipinski definition) is 2. The molecule has 0 fully saturated rings. The van der Waals surface area contributed by atoms with Crippen LogP contribution in [0.25, 0.3) is 0 Å². The van der Waals surface area contributed by atoms with Crippen LogP contribution in [0.15, 0.2) is 41.3 Å². The Hall–Kier alpha value is -1.72. The molecule has 0 aromatic heterocycles. The number of anilines is 3. The van der Waals surface area contributed by atoms with Gasteiger partial charge in [0.1, 0.15) is 0 Å². The second-order valence-electron chi connectivity index (χ2n) is 4.58. The van der Waals surface area contributed by atoms with E-state index in [2.05, 4.69) is 5.32 Å². The van der Waals surface area contributed by atoms with Gasteiger partial charge in [0.15, 0.2) is 9.84 Å². The maximum absolute atomic E-state index is 11.5. The summed E-state index contributed by atoms with van der Waals surface area (Å²) in [6.45, 7) is 1.93. The molecule has 20 heavy (non-hydrogen) atoms. The maximum atomic E-state index is 11.5. The first-order valence-corrected chi connectivity index (χ1v) is 8.17. The molecule has 0 aliphatic heterocycles. The lowest BCUT2D eigenvalue weighted by molar-refractivity contribution is 0.602. The summed E-state index contributed by atoms with van der Waals surface area (Å²) in [6.07, 6.45) is 1.15. The van der Waals surface area contributed by atoms with Gasteiger partial charge in [-0.1, -0.05) is 23.7 Å². The summed E-state index contributed by atoms with van der Waals surface area (Å²) in [5.74, 6) is 0. The van der Waals surface area contributed by atoms with E-state index in [-0.39, 0.29) is 4.90 Å². The zero-order valence-corrected chi connectivity index (χ0v) is 12.7. The van der Waals surface area contributed by atoms with Gasteiger partial charge in [-0.15, -0.1) is 0 Å². The van der Waals surface area contributed by atoms with E-state index in [4.69, 9.17) is 17.3 Å². The number of rotatable bonds is 3. The van der Waals surface area contributed by atoms with Crippen LogP contribution >= 0.6 is 11.6 Å². The summed E-state index contributed by atoms with van der Waals surface area (Å²) in [5.41, 5.74) is 8.60. The lowest BCUT2D eigenvalue weighted by Crippen LogP contribution is -2.02. The number of nitrogens with two attached hydrogens (primary N) is 1. The van der Waals surface area contributed by atoms with Gasteiger partial charge in [-0.2, -0.15) is 0 Å². The molecule has 3 N–H and O–H groups in total. The second-order valence-corrected chi connectivity index (χ2v) is 7.00. The summed E-state index contributed by atoms with van der Waals surface area (Å²) in [5, 5.41) is 3.72. The Morgan fingerprint density at radius 1 is 1.20 bits per heavy atom. The third kappa shape index (κ3) is 3.05. The van der Waals surface area contributed by atoms with Gasteiger partial charge in [0, 0.05) is 6.26 Å². The number of nitrogens with one attached hydrogen (secondary N) is 1. The molecule has 0 saturated heterocycles. The molecule has 0 aliphatic carbocycles. The number of halogens is 1. The van der Waals surface area contributed by atoms with Gasteiger partial charge in [0.2, 0.25) is 0 Å². The molecule has 2 aromatic rings. The van der Waals surface area contributed by atoms with Gasteiger partial charge in [0.25, 0.3) is 0 Å². The van der Waals surface area contributed by atoms with E-state index in [1.54, 1.807) is 12.1 Å². The van der Waals surface area contributed by atoms with Gasteiger partial charge in [-0.25, -0.2) is 8.42 Å². The van der Waals surface area contributed by atoms with E-state index < -0.39 is 9.84 Å². The van der Waals surface area contributed by atoms with E-state index in [0.29, 0.717) is 16.4 Å². The molecule has 0 radical (unpaired) electrons. The zero-order chi connectivity index (χ0) is 14.9. The van der Waals surface area contributed by atoms with Crippen molar-refractivity contribution in [2.45, 2.75) is 11.8 Å². The van der Waals surface area contributed by atoms with Gasteiger partial charge < -0.3 is 11.1 Å². The van der Waals surface area contributed by atoms with Crippen LogP contribution in [0.5, 0.6) is 0 Å². The van der Waals surface area contributed by atoms with Crippen molar-refractivity contribution in [1.82, 2.24) is 0 Å². The van der Waals surface area contributed by atoms with Crippen molar-refractivity contribution >= 4 is 38.5 Å². The van der Waals surface area contributed by atoms with E-state index >= 15 is 0 Å². The Balaban J connectivity index is 2.41. The number of nitrogen functional groups attached to an aromatic ring is 1. The molecule has 0 spiro atoms. The van der Waals surface area contributed by atoms with Crippen LogP contribution < -0.4 is 11.1 Å². The number of para-hydroxylation sites is 1. The summed E-state index contributed by atoms with van der Waals surface area (Å²) in [4.78, 5) is 0.191. The maximum Gasteiger partial charge on any atom is 0.175 e. The fourth-order valence-corrected chi connectivity index (χ4v) is 2.74. The summed E-state index contributed by atoms with van der Waals surface area (Å²) in [7, 11) is -3.27. The van der Waals surface area contributed by atoms with Crippen molar-refractivity contribution in [2.24, 2.45) is 0 Å². The molecular formula is C14H15ClN2O2S. The molecule has 0 unspecified atom stereocenters. The first kappa shape index (κ1) is 14.7. The fraction of sp³-hybridized carbons (Fsp3) is 0.143. The van der Waals surface area contributed by atoms with Crippen molar-refractivity contribution in [3.05, 3.63) is 47.0 Å². The molecular weight excluding hydrogens is 296 g/mol. The highest BCUT2D eigenvalue weighted by molar-refractivity contribution is 7.90. The average Bonchev–Trinajstić information content (AvgIpc) is 2.34. The minimum absolute atomic E-state index is 0.191. The molecule has 0 amide bonds. The minimum atomic E-state index is -3.27. The van der Waals surface area contributed by atoms with Crippen molar-refractivity contribution in [3.63, 3.8) is 0 Å². The van der Waals surface area contributed by atoms with E-state index in [9.17, 15) is 8.42 Å². The molecule has 0 heterocycles. The van der Waals surface area contributed by atoms with Gasteiger partial charge >= 0.3 is 0 Å². The molecule has 0 aliphatic rings. The molecule has 0 bridgehead atoms. The molecule has 0 atom stereocenters. The fourth-order valence-electron chi connectivity index (χ4n) is 1.81. The van der Waals surface area contributed by atoms with E-state index in [1.807, 2.05) is 19.1 Å². The predicted molar refractivity (Wildman–Crippen MR) is 83.4 cm³/mol. The summed E-state index contributed by atoms with van der Waals surface area (Å²) < 4.78 is 22.9. The highest BCUT2D eigenvalue weighted by atomic mass is 35.5. The zero-order valence-electron chi connectivity index (χ0n) is 11.1. The predicted octanol–water partition coefficient (Wildman–Crippen LogP) is 3.38. The molecule has 2 aromatic carbocycles. The first-order chi connectivity index (χ1) is 9.29. The van der Waals surface area contributed by atoms with Gasteiger partial charge in [-0.05, 0) is 36.8 Å². The number of hydrogen-bond acceptors (Lipinski definition) is 4. The SMILES string of the molecule is Cc1cccc(Cl)c1Nc1ccc(S(C)(=O)=O)cc1N. The second kappa shape index (κ2) is 5.34. The number of aryl methyl sites for hydroxylation is 1. The first-order valence-electron chi connectivity index (χ1n) is 5.91. The van der Waals surface area contributed by atoms with Crippen LogP contribution in [0, 0.1) is 6.92 Å². The molecule has 6 heteroatoms. The monoisotopic (exact) mass is 310 g/mol. The van der Waals surface area contributed by atoms with Crippen molar-refractivity contribution in [1.29, 1.82) is 0 Å². The van der Waals surface area contributed by atoms with Crippen LogP contribution in [-0.4, -0.2) is 14.7 Å². The lowest BCUT2D eigenvalue weighted by Gasteiger charge is -2.14. The number of sulfone groups is 1. The number of benzene rings is 2. The van der Waals surface area contributed by atoms with Crippen LogP contribution in [-0.2, 0) is 9.84 Å². The smallest absolute Gasteiger partial charge is 0.175 e. The van der Waals surface area contributed by atoms with Crippen LogP contribution in [0.2, 0.25) is 5.02 Å². The topological polar surface area (TPSA) is 72.2 Å². The van der Waals surface area contributed by atoms with Crippen LogP contribution in [0.1, 0.15) is 5.56 Å². The third-order valence-electron chi connectivity index (χ3n) is 2.93. The van der Waals surface area contributed by atoms with Gasteiger partial charge in [-0.3, -0.25) is 0 Å². The van der Waals surface area contributed by atoms with E-state index in [0.717, 1.165) is 17.5 Å². The van der Waals surface area contributed by atoms with E-state index in [1.165, 1.54) is 12.1 Å². The largest absolute Gasteiger partial charge is 0.397 e. The Morgan fingerprint density at radius 2 is 1.90 bits per heavy atom. The van der Waals surface area contributed by atoms with Crippen LogP contribution in [0.4, 0.5) is 17.1 Å². The Labute approximate surface area is 123 Å². The van der Waals surface area contributed by atoms with Crippen LogP contribution in [0.3, 0.4) is 0 Å². The highest BCUT2D eigenvalue weighted by Crippen LogP contribution is 2.32. The molecule has 2 rings (SSSR count). The Morgan fingerprint density at radius 3 is 2.45 bits per heavy atom. The van der Waals surface area contributed by atoms with Crippen molar-refractivity contribution < 1.29 is 8.42 Å². The highest BCUT2D eigenvalue weighted by Gasteiger charge is 2.11. The van der Waals surface area contributed by atoms with Crippen molar-refractivity contribution in [3.8, 4) is 0 Å². The molecule has 0 saturated carbocycles. The molecule has 4 nitrogen and oxygen atoms in total. The minimum Gasteiger partial charge on any atom is -0.397 e. The van der Waals surface area contributed by atoms with Gasteiger partial charge in [0.05, 0.1) is 27.0 Å². The Kier molecular flexibility index (Phi) is 3.92. The summed E-state index contributed by atoms with van der Waals surface area (Å²) >= 11 is 6.14.